The standard InChI is InChI=1S/C36H30N3O.C23H32NSi.Ir/c1-22(2)29-20-25(24-12-6-5-7-13-24)21-30(23(3)4)33(29)39-32-18-9-8-17-31(32)38-35(39)28-15-10-14-26-27-16-11-19-37-36(27)40-34(26)28;1-17-11-13-20(14-12-17)22-16-21(15-19-9-7-6-8-10-19)23(18(2)24-22)25(3,4)5;/h5-14,16-23H,1-4H3;11-13,16,19H,6-10,15H2,1-5H3;/q2*-1;/i;1D3,2D3,15D2;. The molecule has 1 fully saturated rings. The molecule has 0 spiro atoms. The molecule has 1 radical (unpaired) electrons. The summed E-state index contributed by atoms with van der Waals surface area (Å²) in [6.45, 7) is 10.4. The first-order valence-corrected chi connectivity index (χ1v) is 26.5. The van der Waals surface area contributed by atoms with Crippen molar-refractivity contribution in [2.24, 2.45) is 5.92 Å². The summed E-state index contributed by atoms with van der Waals surface area (Å²) < 4.78 is 74.3. The molecule has 0 unspecified atom stereocenters. The van der Waals surface area contributed by atoms with E-state index in [1.54, 1.807) is 18.3 Å². The van der Waals surface area contributed by atoms with Crippen LogP contribution in [0, 0.1) is 31.8 Å². The third kappa shape index (κ3) is 9.54. The smallest absolute Gasteiger partial charge is 0.216 e. The van der Waals surface area contributed by atoms with E-state index in [0.29, 0.717) is 39.6 Å². The van der Waals surface area contributed by atoms with Crippen LogP contribution in [0.25, 0.3) is 72.6 Å². The van der Waals surface area contributed by atoms with Crippen molar-refractivity contribution in [3.8, 4) is 39.5 Å². The summed E-state index contributed by atoms with van der Waals surface area (Å²) >= 11 is 0. The number of aryl methyl sites for hydroxylation is 2. The maximum Gasteiger partial charge on any atom is 0.216 e. The Morgan fingerprint density at radius 2 is 1.53 bits per heavy atom. The summed E-state index contributed by atoms with van der Waals surface area (Å²) in [5, 5.41) is 2.58. The number of fused-ring (bicyclic) bond motifs is 4. The fraction of sp³-hybridized carbons (Fsp3) is 0.305. The molecule has 0 atom stereocenters. The van der Waals surface area contributed by atoms with E-state index >= 15 is 0 Å². The predicted octanol–water partition coefficient (Wildman–Crippen LogP) is 15.5. The van der Waals surface area contributed by atoms with E-state index in [4.69, 9.17) is 20.4 Å². The van der Waals surface area contributed by atoms with E-state index in [-0.39, 0.29) is 37.3 Å². The van der Waals surface area contributed by atoms with Crippen LogP contribution in [0.3, 0.4) is 0 Å². The number of para-hydroxylation sites is 2. The molecule has 1 aliphatic rings. The van der Waals surface area contributed by atoms with E-state index in [1.807, 2.05) is 43.9 Å². The van der Waals surface area contributed by atoms with Gasteiger partial charge in [0.05, 0.1) is 30.5 Å². The SMILES string of the molecule is CC(C)c1cc(-c2ccccc2)cc(C(C)C)c1-n1c(-c2[c-]ccc3c2oc2ncccc23)nc2ccccc21.[2H]C([2H])([2H])c1c[c-]c(-c2cc(C([2H])([2H])C3CCCCC3)c([Si](C)(C)C)c(C([2H])([2H])[2H])n2)cc1.[Ir]. The van der Waals surface area contributed by atoms with E-state index in [9.17, 15) is 0 Å². The fourth-order valence-electron chi connectivity index (χ4n) is 9.39. The van der Waals surface area contributed by atoms with E-state index in [0.717, 1.165) is 70.9 Å². The van der Waals surface area contributed by atoms with Crippen LogP contribution in [-0.2, 0) is 26.5 Å². The van der Waals surface area contributed by atoms with Crippen LogP contribution in [0.4, 0.5) is 0 Å². The zero-order valence-corrected chi connectivity index (χ0v) is 42.2. The van der Waals surface area contributed by atoms with Gasteiger partial charge in [0.1, 0.15) is 0 Å². The molecule has 10 rings (SSSR count). The molecular formula is C59H62IrN4OSi-2. The van der Waals surface area contributed by atoms with Gasteiger partial charge in [-0.3, -0.25) is 4.98 Å². The molecule has 9 aromatic rings. The molecule has 7 heteroatoms. The van der Waals surface area contributed by atoms with Crippen LogP contribution in [0.15, 0.2) is 126 Å². The number of aromatic nitrogens is 4. The molecule has 0 amide bonds. The van der Waals surface area contributed by atoms with Gasteiger partial charge in [-0.05, 0) is 101 Å². The van der Waals surface area contributed by atoms with E-state index in [1.165, 1.54) is 40.1 Å². The molecule has 5 aromatic carbocycles. The monoisotopic (exact) mass is 1070 g/mol. The van der Waals surface area contributed by atoms with Crippen molar-refractivity contribution in [3.05, 3.63) is 162 Å². The normalized spacial score (nSPS) is 15.8. The summed E-state index contributed by atoms with van der Waals surface area (Å²) in [6, 6.07) is 44.3. The molecule has 1 saturated carbocycles. The second kappa shape index (κ2) is 19.8. The van der Waals surface area contributed by atoms with Crippen LogP contribution in [0.5, 0.6) is 0 Å². The van der Waals surface area contributed by atoms with Gasteiger partial charge in [0, 0.05) is 54.0 Å². The van der Waals surface area contributed by atoms with Crippen molar-refractivity contribution in [3.63, 3.8) is 0 Å². The summed E-state index contributed by atoms with van der Waals surface area (Å²) in [4.78, 5) is 14.2. The van der Waals surface area contributed by atoms with Crippen LogP contribution < -0.4 is 5.19 Å². The maximum absolute atomic E-state index is 9.15. The fourth-order valence-corrected chi connectivity index (χ4v) is 11.1. The van der Waals surface area contributed by atoms with Crippen molar-refractivity contribution in [1.29, 1.82) is 0 Å². The molecule has 0 aliphatic heterocycles. The van der Waals surface area contributed by atoms with E-state index in [2.05, 4.69) is 121 Å². The number of hydrogen-bond donors (Lipinski definition) is 0. The summed E-state index contributed by atoms with van der Waals surface area (Å²) in [5.41, 5.74) is 11.7. The van der Waals surface area contributed by atoms with Crippen molar-refractivity contribution in [2.45, 2.75) is 111 Å². The Labute approximate surface area is 417 Å². The summed E-state index contributed by atoms with van der Waals surface area (Å²) in [7, 11) is -2.31. The summed E-state index contributed by atoms with van der Waals surface area (Å²) in [6.07, 6.45) is 4.67. The van der Waals surface area contributed by atoms with Gasteiger partial charge in [-0.1, -0.05) is 151 Å². The Bertz CT molecular complexity index is 3410. The largest absolute Gasteiger partial charge is 0.486 e. The van der Waals surface area contributed by atoms with Crippen molar-refractivity contribution < 1.29 is 35.5 Å². The first-order valence-electron chi connectivity index (χ1n) is 27.0. The molecule has 339 valence electrons. The minimum absolute atomic E-state index is 0. The minimum atomic E-state index is -2.50. The zero-order valence-electron chi connectivity index (χ0n) is 46.8. The van der Waals surface area contributed by atoms with Gasteiger partial charge in [0.15, 0.2) is 0 Å². The van der Waals surface area contributed by atoms with Gasteiger partial charge in [-0.2, -0.15) is 0 Å². The second-order valence-electron chi connectivity index (χ2n) is 19.0. The first-order chi connectivity index (χ1) is 34.5. The quantitative estimate of drug-likeness (QED) is 0.107. The van der Waals surface area contributed by atoms with Crippen molar-refractivity contribution in [1.82, 2.24) is 19.5 Å². The predicted molar refractivity (Wildman–Crippen MR) is 275 cm³/mol. The Morgan fingerprint density at radius 3 is 2.21 bits per heavy atom. The van der Waals surface area contributed by atoms with Gasteiger partial charge in [0.25, 0.3) is 0 Å². The number of furan rings is 1. The van der Waals surface area contributed by atoms with Gasteiger partial charge in [-0.15, -0.1) is 53.6 Å². The van der Waals surface area contributed by atoms with E-state index < -0.39 is 28.2 Å². The Balaban J connectivity index is 0.000000199. The Hall–Kier alpha value is -5.46. The Kier molecular flexibility index (Phi) is 11.3. The van der Waals surface area contributed by atoms with Crippen molar-refractivity contribution >= 4 is 46.4 Å². The number of nitrogens with zero attached hydrogens (tertiary/aromatic N) is 4. The summed E-state index contributed by atoms with van der Waals surface area (Å²) in [5.74, 6) is 1.23. The van der Waals surface area contributed by atoms with Crippen LogP contribution >= 0.6 is 0 Å². The molecule has 66 heavy (non-hydrogen) atoms. The molecule has 4 aromatic heterocycles. The number of imidazole rings is 1. The topological polar surface area (TPSA) is 56.7 Å². The molecule has 4 heterocycles. The van der Waals surface area contributed by atoms with Gasteiger partial charge in [0.2, 0.25) is 5.71 Å². The Morgan fingerprint density at radius 1 is 0.788 bits per heavy atom. The average Bonchev–Trinajstić information content (AvgIpc) is 3.94. The first kappa shape index (κ1) is 37.6. The van der Waals surface area contributed by atoms with Gasteiger partial charge in [-0.25, -0.2) is 4.98 Å². The molecular weight excluding hydrogens is 1000 g/mol. The molecule has 5 nitrogen and oxygen atoms in total. The molecule has 0 saturated heterocycles. The van der Waals surface area contributed by atoms with Gasteiger partial charge >= 0.3 is 0 Å². The number of rotatable bonds is 9. The molecule has 1 aliphatic carbocycles. The third-order valence-corrected chi connectivity index (χ3v) is 14.6. The maximum atomic E-state index is 9.15. The minimum Gasteiger partial charge on any atom is -0.486 e. The third-order valence-electron chi connectivity index (χ3n) is 12.6. The van der Waals surface area contributed by atoms with Gasteiger partial charge < -0.3 is 14.0 Å². The number of benzene rings is 5. The van der Waals surface area contributed by atoms with Crippen LogP contribution in [0.2, 0.25) is 19.6 Å². The molecule has 0 bridgehead atoms. The van der Waals surface area contributed by atoms with Crippen LogP contribution in [0.1, 0.15) is 111 Å². The number of hydrogen-bond acceptors (Lipinski definition) is 4. The van der Waals surface area contributed by atoms with Crippen molar-refractivity contribution in [2.75, 3.05) is 0 Å². The second-order valence-corrected chi connectivity index (χ2v) is 24.0. The van der Waals surface area contributed by atoms with Crippen LogP contribution in [-0.4, -0.2) is 27.6 Å². The number of pyridine rings is 2. The molecule has 0 N–H and O–H groups in total. The average molecular weight is 1070 g/mol. The zero-order chi connectivity index (χ0) is 52.2.